The number of ether oxygens (including phenoxy) is 1. The van der Waals surface area contributed by atoms with E-state index in [9.17, 15) is 9.18 Å². The molecule has 1 fully saturated rings. The smallest absolute Gasteiger partial charge is 0.318 e. The van der Waals surface area contributed by atoms with Gasteiger partial charge < -0.3 is 19.5 Å². The van der Waals surface area contributed by atoms with E-state index in [4.69, 9.17) is 4.74 Å². The van der Waals surface area contributed by atoms with Crippen LogP contribution in [0.1, 0.15) is 30.5 Å². The monoisotopic (exact) mass is 333 g/mol. The first-order valence-corrected chi connectivity index (χ1v) is 7.81. The van der Waals surface area contributed by atoms with E-state index in [-0.39, 0.29) is 24.0 Å². The van der Waals surface area contributed by atoms with Gasteiger partial charge in [-0.05, 0) is 24.6 Å². The van der Waals surface area contributed by atoms with E-state index in [1.807, 2.05) is 14.0 Å². The van der Waals surface area contributed by atoms with Gasteiger partial charge in [0.15, 0.2) is 5.82 Å². The number of urea groups is 1. The highest BCUT2D eigenvalue weighted by atomic mass is 19.1. The summed E-state index contributed by atoms with van der Waals surface area (Å²) in [5.74, 6) is 0.397. The number of carbonyl (C=O) groups excluding carboxylic acids is 1. The highest BCUT2D eigenvalue weighted by molar-refractivity contribution is 5.74. The molecule has 1 saturated heterocycles. The van der Waals surface area contributed by atoms with Gasteiger partial charge in [-0.1, -0.05) is 12.1 Å². The van der Waals surface area contributed by atoms with Crippen LogP contribution in [0.4, 0.5) is 9.18 Å². The zero-order chi connectivity index (χ0) is 17.1. The lowest BCUT2D eigenvalue weighted by atomic mass is 10.1. The fraction of sp³-hybridized carbons (Fsp3) is 0.438. The molecule has 0 radical (unpaired) electrons. The maximum absolute atomic E-state index is 13.0. The van der Waals surface area contributed by atoms with Crippen LogP contribution in [0.2, 0.25) is 0 Å². The van der Waals surface area contributed by atoms with Crippen molar-refractivity contribution in [3.8, 4) is 0 Å². The number of halogens is 1. The van der Waals surface area contributed by atoms with E-state index in [1.54, 1.807) is 27.9 Å². The number of aryl methyl sites for hydroxylation is 1. The predicted octanol–water partition coefficient (Wildman–Crippen LogP) is 1.80. The van der Waals surface area contributed by atoms with Crippen molar-refractivity contribution in [3.63, 3.8) is 0 Å². The molecule has 1 aliphatic rings. The number of nitrogens with zero attached hydrogens (tertiary/aromatic N) is 4. The topological polar surface area (TPSA) is 72.3 Å². The number of nitrogens with one attached hydrogen (secondary N) is 1. The van der Waals surface area contributed by atoms with Crippen LogP contribution in [-0.4, -0.2) is 45.4 Å². The van der Waals surface area contributed by atoms with Gasteiger partial charge in [-0.15, -0.1) is 10.2 Å². The second-order valence-electron chi connectivity index (χ2n) is 5.83. The number of rotatable bonds is 3. The van der Waals surface area contributed by atoms with Crippen LogP contribution in [0.25, 0.3) is 0 Å². The van der Waals surface area contributed by atoms with Crippen molar-refractivity contribution in [1.29, 1.82) is 0 Å². The van der Waals surface area contributed by atoms with Gasteiger partial charge in [0, 0.05) is 13.6 Å². The maximum Gasteiger partial charge on any atom is 0.318 e. The fourth-order valence-corrected chi connectivity index (χ4v) is 2.74. The molecule has 0 unspecified atom stereocenters. The third-order valence-corrected chi connectivity index (χ3v) is 4.07. The van der Waals surface area contributed by atoms with Crippen molar-refractivity contribution in [2.75, 3.05) is 19.7 Å². The van der Waals surface area contributed by atoms with Crippen molar-refractivity contribution in [2.24, 2.45) is 7.05 Å². The second-order valence-corrected chi connectivity index (χ2v) is 5.83. The van der Waals surface area contributed by atoms with Gasteiger partial charge in [0.05, 0.1) is 19.2 Å². The van der Waals surface area contributed by atoms with Gasteiger partial charge in [0.25, 0.3) is 0 Å². The summed E-state index contributed by atoms with van der Waals surface area (Å²) in [5, 5.41) is 10.7. The lowest BCUT2D eigenvalue weighted by molar-refractivity contribution is -0.0158. The third-order valence-electron chi connectivity index (χ3n) is 4.07. The van der Waals surface area contributed by atoms with E-state index >= 15 is 0 Å². The molecule has 0 aliphatic carbocycles. The average Bonchev–Trinajstić information content (AvgIpc) is 3.02. The third kappa shape index (κ3) is 3.53. The van der Waals surface area contributed by atoms with Gasteiger partial charge in [0.1, 0.15) is 18.2 Å². The molecule has 128 valence electrons. The normalized spacial score (nSPS) is 19.1. The quantitative estimate of drug-likeness (QED) is 0.930. The Morgan fingerprint density at radius 2 is 2.17 bits per heavy atom. The van der Waals surface area contributed by atoms with Gasteiger partial charge in [-0.2, -0.15) is 0 Å². The van der Waals surface area contributed by atoms with E-state index in [2.05, 4.69) is 15.5 Å². The van der Waals surface area contributed by atoms with Gasteiger partial charge in [-0.25, -0.2) is 9.18 Å². The molecule has 0 spiro atoms. The Morgan fingerprint density at radius 1 is 1.42 bits per heavy atom. The molecule has 1 aromatic carbocycles. The molecule has 7 nitrogen and oxygen atoms in total. The summed E-state index contributed by atoms with van der Waals surface area (Å²) in [4.78, 5) is 14.2. The Morgan fingerprint density at radius 3 is 2.83 bits per heavy atom. The Bertz CT molecular complexity index is 703. The number of morpholine rings is 1. The molecule has 2 heterocycles. The minimum atomic E-state index is -0.290. The first-order valence-electron chi connectivity index (χ1n) is 7.81. The fourth-order valence-electron chi connectivity index (χ4n) is 2.74. The summed E-state index contributed by atoms with van der Waals surface area (Å²) >= 11 is 0. The molecule has 1 aliphatic heterocycles. The van der Waals surface area contributed by atoms with Crippen molar-refractivity contribution >= 4 is 6.03 Å². The Hall–Kier alpha value is -2.48. The summed E-state index contributed by atoms with van der Waals surface area (Å²) in [7, 11) is 1.83. The van der Waals surface area contributed by atoms with Crippen molar-refractivity contribution in [3.05, 3.63) is 47.8 Å². The number of benzene rings is 1. The summed E-state index contributed by atoms with van der Waals surface area (Å²) in [6.07, 6.45) is 1.34. The first kappa shape index (κ1) is 16.4. The Kier molecular flexibility index (Phi) is 4.75. The predicted molar refractivity (Wildman–Crippen MR) is 84.6 cm³/mol. The number of hydrogen-bond acceptors (Lipinski definition) is 4. The number of amides is 2. The zero-order valence-corrected chi connectivity index (χ0v) is 13.6. The van der Waals surface area contributed by atoms with Crippen LogP contribution >= 0.6 is 0 Å². The Balaban J connectivity index is 1.62. The highest BCUT2D eigenvalue weighted by Gasteiger charge is 2.27. The van der Waals surface area contributed by atoms with Crippen LogP contribution in [0, 0.1) is 5.82 Å². The number of carbonyl (C=O) groups is 1. The van der Waals surface area contributed by atoms with Crippen molar-refractivity contribution in [2.45, 2.75) is 19.1 Å². The molecule has 1 N–H and O–H groups in total. The van der Waals surface area contributed by atoms with Crippen LogP contribution in [-0.2, 0) is 11.8 Å². The zero-order valence-electron chi connectivity index (χ0n) is 13.6. The van der Waals surface area contributed by atoms with E-state index < -0.39 is 0 Å². The van der Waals surface area contributed by atoms with Gasteiger partial charge >= 0.3 is 6.03 Å². The number of aromatic nitrogens is 3. The minimum Gasteiger partial charge on any atom is -0.370 e. The molecule has 0 saturated carbocycles. The average molecular weight is 333 g/mol. The molecule has 2 aromatic rings. The molecule has 3 rings (SSSR count). The van der Waals surface area contributed by atoms with E-state index in [1.165, 1.54) is 12.1 Å². The minimum absolute atomic E-state index is 0.180. The summed E-state index contributed by atoms with van der Waals surface area (Å²) < 4.78 is 20.5. The van der Waals surface area contributed by atoms with E-state index in [0.29, 0.717) is 25.5 Å². The van der Waals surface area contributed by atoms with Gasteiger partial charge in [0.2, 0.25) is 0 Å². The molecular weight excluding hydrogens is 313 g/mol. The Labute approximate surface area is 139 Å². The van der Waals surface area contributed by atoms with Crippen LogP contribution in [0.3, 0.4) is 0 Å². The molecule has 0 bridgehead atoms. The van der Waals surface area contributed by atoms with Crippen LogP contribution in [0.5, 0.6) is 0 Å². The lowest BCUT2D eigenvalue weighted by Gasteiger charge is -2.33. The molecule has 8 heteroatoms. The van der Waals surface area contributed by atoms with Gasteiger partial charge in [-0.3, -0.25) is 0 Å². The first-order chi connectivity index (χ1) is 11.5. The standard InChI is InChI=1S/C16H20FN5O2/c1-11(15-20-18-10-21(15)2)19-16(23)22-7-8-24-14(9-22)12-3-5-13(17)6-4-12/h3-6,10-11,14H,7-9H2,1-2H3,(H,19,23)/t11-,14-/m0/s1. The summed E-state index contributed by atoms with van der Waals surface area (Å²) in [6, 6.07) is 5.73. The maximum atomic E-state index is 13.0. The highest BCUT2D eigenvalue weighted by Crippen LogP contribution is 2.22. The van der Waals surface area contributed by atoms with Crippen molar-refractivity contribution < 1.29 is 13.9 Å². The second kappa shape index (κ2) is 6.96. The molecule has 2 atom stereocenters. The van der Waals surface area contributed by atoms with Crippen LogP contribution in [0.15, 0.2) is 30.6 Å². The number of hydrogen-bond donors (Lipinski definition) is 1. The van der Waals surface area contributed by atoms with E-state index in [0.717, 1.165) is 5.56 Å². The molecule has 24 heavy (non-hydrogen) atoms. The molecular formula is C16H20FN5O2. The molecule has 2 amide bonds. The molecule has 1 aromatic heterocycles. The largest absolute Gasteiger partial charge is 0.370 e. The van der Waals surface area contributed by atoms with Crippen molar-refractivity contribution in [1.82, 2.24) is 25.0 Å². The summed E-state index contributed by atoms with van der Waals surface area (Å²) in [5.41, 5.74) is 0.857. The SMILES string of the molecule is C[C@H](NC(=O)N1CCO[C@H](c2ccc(F)cc2)C1)c1nncn1C. The summed E-state index contributed by atoms with van der Waals surface area (Å²) in [6.45, 7) is 3.23. The van der Waals surface area contributed by atoms with Crippen LogP contribution < -0.4 is 5.32 Å². The lowest BCUT2D eigenvalue weighted by Crippen LogP contribution is -2.47.